The topological polar surface area (TPSA) is 12.9 Å². The Bertz CT molecular complexity index is 387. The van der Waals surface area contributed by atoms with Crippen molar-refractivity contribution in [2.75, 3.05) is 0 Å². The highest BCUT2D eigenvalue weighted by Gasteiger charge is 2.00. The highest BCUT2D eigenvalue weighted by molar-refractivity contribution is 9.10. The van der Waals surface area contributed by atoms with Gasteiger partial charge in [-0.25, -0.2) is 0 Å². The molecular weight excluding hydrogens is 237 g/mol. The Balaban J connectivity index is 2.95. The standard InChI is InChI=1S/C9H5BrClN/c10-8-1-2-9(11)6-3-4-12-5-7(6)8/h1-5H. The number of benzene rings is 1. The summed E-state index contributed by atoms with van der Waals surface area (Å²) in [6.07, 6.45) is 3.53. The Morgan fingerprint density at radius 3 is 2.75 bits per heavy atom. The average molecular weight is 243 g/mol. The van der Waals surface area contributed by atoms with E-state index in [-0.39, 0.29) is 0 Å². The normalized spacial score (nSPS) is 10.5. The van der Waals surface area contributed by atoms with E-state index in [0.717, 1.165) is 20.3 Å². The van der Waals surface area contributed by atoms with Crippen LogP contribution in [0.3, 0.4) is 0 Å². The Labute approximate surface area is 83.5 Å². The predicted octanol–water partition coefficient (Wildman–Crippen LogP) is 3.65. The van der Waals surface area contributed by atoms with Crippen LogP contribution in [-0.2, 0) is 0 Å². The van der Waals surface area contributed by atoms with Crippen LogP contribution in [-0.4, -0.2) is 4.98 Å². The van der Waals surface area contributed by atoms with E-state index >= 15 is 0 Å². The second-order valence-electron chi connectivity index (χ2n) is 2.45. The zero-order chi connectivity index (χ0) is 8.55. The van der Waals surface area contributed by atoms with Crippen molar-refractivity contribution in [1.29, 1.82) is 0 Å². The fourth-order valence-corrected chi connectivity index (χ4v) is 1.79. The van der Waals surface area contributed by atoms with Gasteiger partial charge in [-0.05, 0) is 18.2 Å². The van der Waals surface area contributed by atoms with Gasteiger partial charge in [-0.1, -0.05) is 27.5 Å². The highest BCUT2D eigenvalue weighted by Crippen LogP contribution is 2.28. The number of pyridine rings is 1. The summed E-state index contributed by atoms with van der Waals surface area (Å²) in [5.41, 5.74) is 0. The molecule has 0 fully saturated rings. The molecule has 1 aromatic heterocycles. The molecule has 0 N–H and O–H groups in total. The van der Waals surface area contributed by atoms with Crippen molar-refractivity contribution in [3.63, 3.8) is 0 Å². The van der Waals surface area contributed by atoms with Crippen molar-refractivity contribution in [2.24, 2.45) is 0 Å². The molecule has 0 radical (unpaired) electrons. The maximum absolute atomic E-state index is 5.98. The first kappa shape index (κ1) is 8.02. The van der Waals surface area contributed by atoms with Crippen LogP contribution in [0.5, 0.6) is 0 Å². The molecule has 0 aliphatic carbocycles. The monoisotopic (exact) mass is 241 g/mol. The van der Waals surface area contributed by atoms with Gasteiger partial charge in [-0.2, -0.15) is 0 Å². The lowest BCUT2D eigenvalue weighted by Crippen LogP contribution is -1.77. The third-order valence-electron chi connectivity index (χ3n) is 1.71. The van der Waals surface area contributed by atoms with Gasteiger partial charge in [0.1, 0.15) is 0 Å². The largest absolute Gasteiger partial charge is 0.264 e. The summed E-state index contributed by atoms with van der Waals surface area (Å²) < 4.78 is 1.02. The lowest BCUT2D eigenvalue weighted by molar-refractivity contribution is 1.36. The molecule has 0 amide bonds. The van der Waals surface area contributed by atoms with Gasteiger partial charge >= 0.3 is 0 Å². The van der Waals surface area contributed by atoms with Gasteiger partial charge in [0.2, 0.25) is 0 Å². The summed E-state index contributed by atoms with van der Waals surface area (Å²) in [6.45, 7) is 0. The van der Waals surface area contributed by atoms with Crippen LogP contribution in [0.15, 0.2) is 35.1 Å². The molecule has 0 saturated heterocycles. The molecule has 2 rings (SSSR count). The highest BCUT2D eigenvalue weighted by atomic mass is 79.9. The molecule has 3 heteroatoms. The molecule has 1 heterocycles. The van der Waals surface area contributed by atoms with Gasteiger partial charge in [0.15, 0.2) is 0 Å². The van der Waals surface area contributed by atoms with Crippen LogP contribution in [0.4, 0.5) is 0 Å². The van der Waals surface area contributed by atoms with Crippen molar-refractivity contribution in [2.45, 2.75) is 0 Å². The SMILES string of the molecule is Clc1ccc(Br)c2cnccc12. The second kappa shape index (κ2) is 3.04. The van der Waals surface area contributed by atoms with Gasteiger partial charge in [-0.3, -0.25) is 4.98 Å². The third-order valence-corrected chi connectivity index (χ3v) is 2.73. The lowest BCUT2D eigenvalue weighted by Gasteiger charge is -2.00. The van der Waals surface area contributed by atoms with E-state index < -0.39 is 0 Å². The fourth-order valence-electron chi connectivity index (χ4n) is 1.12. The van der Waals surface area contributed by atoms with Crippen molar-refractivity contribution in [1.82, 2.24) is 4.98 Å². The molecular formula is C9H5BrClN. The molecule has 0 atom stereocenters. The minimum atomic E-state index is 0.760. The zero-order valence-corrected chi connectivity index (χ0v) is 8.43. The predicted molar refractivity (Wildman–Crippen MR) is 54.5 cm³/mol. The Hall–Kier alpha value is -0.600. The summed E-state index contributed by atoms with van der Waals surface area (Å²) in [5.74, 6) is 0. The van der Waals surface area contributed by atoms with Crippen molar-refractivity contribution < 1.29 is 0 Å². The molecule has 2 aromatic rings. The third kappa shape index (κ3) is 1.21. The molecule has 0 spiro atoms. The summed E-state index contributed by atoms with van der Waals surface area (Å²) >= 11 is 9.41. The van der Waals surface area contributed by atoms with E-state index in [0.29, 0.717) is 0 Å². The first-order valence-electron chi connectivity index (χ1n) is 3.47. The molecule has 0 saturated carbocycles. The molecule has 12 heavy (non-hydrogen) atoms. The van der Waals surface area contributed by atoms with Crippen molar-refractivity contribution >= 4 is 38.3 Å². The Morgan fingerprint density at radius 1 is 1.17 bits per heavy atom. The smallest absolute Gasteiger partial charge is 0.0486 e. The summed E-state index contributed by atoms with van der Waals surface area (Å²) in [6, 6.07) is 5.70. The van der Waals surface area contributed by atoms with Gasteiger partial charge in [0.25, 0.3) is 0 Å². The van der Waals surface area contributed by atoms with Crippen molar-refractivity contribution in [3.8, 4) is 0 Å². The first-order valence-corrected chi connectivity index (χ1v) is 4.64. The fraction of sp³-hybridized carbons (Fsp3) is 0. The van der Waals surface area contributed by atoms with E-state index in [4.69, 9.17) is 11.6 Å². The average Bonchev–Trinajstić information content (AvgIpc) is 2.12. The molecule has 1 nitrogen and oxygen atoms in total. The van der Waals surface area contributed by atoms with Crippen LogP contribution < -0.4 is 0 Å². The van der Waals surface area contributed by atoms with Gasteiger partial charge in [0, 0.05) is 32.7 Å². The van der Waals surface area contributed by atoms with Crippen LogP contribution in [0, 0.1) is 0 Å². The Kier molecular flexibility index (Phi) is 2.03. The van der Waals surface area contributed by atoms with E-state index in [9.17, 15) is 0 Å². The van der Waals surface area contributed by atoms with E-state index in [2.05, 4.69) is 20.9 Å². The van der Waals surface area contributed by atoms with Crippen LogP contribution in [0.2, 0.25) is 5.02 Å². The summed E-state index contributed by atoms with van der Waals surface area (Å²) in [4.78, 5) is 4.03. The molecule has 0 bridgehead atoms. The first-order chi connectivity index (χ1) is 5.79. The molecule has 60 valence electrons. The van der Waals surface area contributed by atoms with Crippen LogP contribution in [0.25, 0.3) is 10.8 Å². The zero-order valence-electron chi connectivity index (χ0n) is 6.09. The number of hydrogen-bond acceptors (Lipinski definition) is 1. The summed E-state index contributed by atoms with van der Waals surface area (Å²) in [7, 11) is 0. The number of fused-ring (bicyclic) bond motifs is 1. The molecule has 1 aromatic carbocycles. The molecule has 0 unspecified atom stereocenters. The van der Waals surface area contributed by atoms with E-state index in [1.807, 2.05) is 18.2 Å². The summed E-state index contributed by atoms with van der Waals surface area (Å²) in [5, 5.41) is 2.83. The number of halogens is 2. The minimum Gasteiger partial charge on any atom is -0.264 e. The van der Waals surface area contributed by atoms with Gasteiger partial charge in [0.05, 0.1) is 0 Å². The molecule has 0 aliphatic heterocycles. The Morgan fingerprint density at radius 2 is 2.00 bits per heavy atom. The maximum Gasteiger partial charge on any atom is 0.0486 e. The van der Waals surface area contributed by atoms with Crippen LogP contribution >= 0.6 is 27.5 Å². The van der Waals surface area contributed by atoms with Crippen molar-refractivity contribution in [3.05, 3.63) is 40.1 Å². The lowest BCUT2D eigenvalue weighted by atomic mass is 10.2. The van der Waals surface area contributed by atoms with Crippen LogP contribution in [0.1, 0.15) is 0 Å². The quantitative estimate of drug-likeness (QED) is 0.687. The second-order valence-corrected chi connectivity index (χ2v) is 3.71. The maximum atomic E-state index is 5.98. The number of nitrogens with zero attached hydrogens (tertiary/aromatic N) is 1. The van der Waals surface area contributed by atoms with Gasteiger partial charge in [-0.15, -0.1) is 0 Å². The number of rotatable bonds is 0. The number of hydrogen-bond donors (Lipinski definition) is 0. The number of aromatic nitrogens is 1. The van der Waals surface area contributed by atoms with E-state index in [1.54, 1.807) is 12.4 Å². The minimum absolute atomic E-state index is 0.760. The van der Waals surface area contributed by atoms with E-state index in [1.165, 1.54) is 0 Å². The van der Waals surface area contributed by atoms with Gasteiger partial charge < -0.3 is 0 Å². The molecule has 0 aliphatic rings.